The number of amides is 1. The molecule has 3 rings (SSSR count). The second kappa shape index (κ2) is 9.50. The van der Waals surface area contributed by atoms with Crippen molar-refractivity contribution in [2.75, 3.05) is 18.5 Å². The fourth-order valence-corrected chi connectivity index (χ4v) is 4.10. The molecule has 8 heteroatoms. The molecule has 0 aromatic carbocycles. The SMILES string of the molecule is CCOC(=O)c1ccsc1NC(=O)CN(Cc1ccco1)Cc1cccs1. The number of hydrogen-bond donors (Lipinski definition) is 1. The first kappa shape index (κ1) is 19.3. The highest BCUT2D eigenvalue weighted by atomic mass is 32.1. The van der Waals surface area contributed by atoms with Gasteiger partial charge in [-0.2, -0.15) is 0 Å². The number of furan rings is 1. The van der Waals surface area contributed by atoms with Crippen LogP contribution in [0, 0.1) is 0 Å². The van der Waals surface area contributed by atoms with Crippen LogP contribution in [-0.4, -0.2) is 29.9 Å². The van der Waals surface area contributed by atoms with E-state index in [9.17, 15) is 9.59 Å². The molecule has 0 unspecified atom stereocenters. The molecular formula is C19H20N2O4S2. The van der Waals surface area contributed by atoms with E-state index in [0.29, 0.717) is 30.3 Å². The van der Waals surface area contributed by atoms with Gasteiger partial charge in [-0.05, 0) is 41.9 Å². The van der Waals surface area contributed by atoms with Crippen molar-refractivity contribution in [3.05, 3.63) is 63.6 Å². The summed E-state index contributed by atoms with van der Waals surface area (Å²) >= 11 is 2.95. The summed E-state index contributed by atoms with van der Waals surface area (Å²) in [6, 6.07) is 9.40. The summed E-state index contributed by atoms with van der Waals surface area (Å²) < 4.78 is 10.4. The van der Waals surface area contributed by atoms with E-state index in [1.807, 2.05) is 34.5 Å². The Morgan fingerprint density at radius 3 is 2.74 bits per heavy atom. The van der Waals surface area contributed by atoms with Crippen LogP contribution in [-0.2, 0) is 22.6 Å². The molecule has 0 aliphatic carbocycles. The molecule has 3 aromatic heterocycles. The summed E-state index contributed by atoms with van der Waals surface area (Å²) in [6.07, 6.45) is 1.62. The lowest BCUT2D eigenvalue weighted by molar-refractivity contribution is -0.117. The van der Waals surface area contributed by atoms with Crippen molar-refractivity contribution >= 4 is 39.6 Å². The van der Waals surface area contributed by atoms with E-state index in [1.54, 1.807) is 36.0 Å². The second-order valence-corrected chi connectivity index (χ2v) is 7.68. The molecule has 0 fully saturated rings. The van der Waals surface area contributed by atoms with Gasteiger partial charge in [-0.15, -0.1) is 22.7 Å². The largest absolute Gasteiger partial charge is 0.468 e. The van der Waals surface area contributed by atoms with Crippen molar-refractivity contribution in [3.8, 4) is 0 Å². The van der Waals surface area contributed by atoms with Gasteiger partial charge in [0.1, 0.15) is 10.8 Å². The van der Waals surface area contributed by atoms with Crippen LogP contribution in [0.2, 0.25) is 0 Å². The lowest BCUT2D eigenvalue weighted by atomic mass is 10.3. The Morgan fingerprint density at radius 1 is 1.15 bits per heavy atom. The monoisotopic (exact) mass is 404 g/mol. The van der Waals surface area contributed by atoms with Gasteiger partial charge < -0.3 is 14.5 Å². The van der Waals surface area contributed by atoms with Crippen LogP contribution in [0.1, 0.15) is 27.9 Å². The standard InChI is InChI=1S/C19H20N2O4S2/c1-2-24-19(23)16-7-10-27-18(16)20-17(22)13-21(11-14-5-3-8-25-14)12-15-6-4-9-26-15/h3-10H,2,11-13H2,1H3,(H,20,22). The lowest BCUT2D eigenvalue weighted by Crippen LogP contribution is -2.32. The van der Waals surface area contributed by atoms with Crippen molar-refractivity contribution in [1.82, 2.24) is 4.90 Å². The van der Waals surface area contributed by atoms with Gasteiger partial charge in [0.25, 0.3) is 0 Å². The van der Waals surface area contributed by atoms with Crippen molar-refractivity contribution in [2.24, 2.45) is 0 Å². The molecule has 1 N–H and O–H groups in total. The summed E-state index contributed by atoms with van der Waals surface area (Å²) in [5, 5.41) is 7.11. The zero-order valence-electron chi connectivity index (χ0n) is 14.8. The van der Waals surface area contributed by atoms with E-state index in [1.165, 1.54) is 11.3 Å². The zero-order valence-corrected chi connectivity index (χ0v) is 16.5. The van der Waals surface area contributed by atoms with Crippen molar-refractivity contribution in [2.45, 2.75) is 20.0 Å². The molecule has 0 atom stereocenters. The van der Waals surface area contributed by atoms with Crippen molar-refractivity contribution in [3.63, 3.8) is 0 Å². The number of hydrogen-bond acceptors (Lipinski definition) is 7. The molecule has 142 valence electrons. The number of nitrogens with zero attached hydrogens (tertiary/aromatic N) is 1. The van der Waals surface area contributed by atoms with Gasteiger partial charge in [0.2, 0.25) is 5.91 Å². The van der Waals surface area contributed by atoms with Gasteiger partial charge in [-0.25, -0.2) is 4.79 Å². The summed E-state index contributed by atoms with van der Waals surface area (Å²) in [5.74, 6) is 0.175. The molecule has 3 heterocycles. The number of ether oxygens (including phenoxy) is 1. The van der Waals surface area contributed by atoms with E-state index in [0.717, 1.165) is 10.6 Å². The number of carbonyl (C=O) groups excluding carboxylic acids is 2. The van der Waals surface area contributed by atoms with Crippen LogP contribution in [0.25, 0.3) is 0 Å². The number of carbonyl (C=O) groups is 2. The smallest absolute Gasteiger partial charge is 0.341 e. The molecule has 0 saturated heterocycles. The van der Waals surface area contributed by atoms with Crippen LogP contribution in [0.5, 0.6) is 0 Å². The third-order valence-corrected chi connectivity index (χ3v) is 5.39. The summed E-state index contributed by atoms with van der Waals surface area (Å²) in [4.78, 5) is 27.7. The average molecular weight is 405 g/mol. The summed E-state index contributed by atoms with van der Waals surface area (Å²) in [5.41, 5.74) is 0.381. The highest BCUT2D eigenvalue weighted by Gasteiger charge is 2.18. The summed E-state index contributed by atoms with van der Waals surface area (Å²) in [7, 11) is 0. The Kier molecular flexibility index (Phi) is 6.80. The van der Waals surface area contributed by atoms with Gasteiger partial charge in [0, 0.05) is 11.4 Å². The minimum Gasteiger partial charge on any atom is -0.468 e. The van der Waals surface area contributed by atoms with Crippen LogP contribution < -0.4 is 5.32 Å². The highest BCUT2D eigenvalue weighted by Crippen LogP contribution is 2.24. The van der Waals surface area contributed by atoms with Crippen LogP contribution in [0.4, 0.5) is 5.00 Å². The van der Waals surface area contributed by atoms with Gasteiger partial charge >= 0.3 is 5.97 Å². The molecule has 0 bridgehead atoms. The van der Waals surface area contributed by atoms with Crippen molar-refractivity contribution < 1.29 is 18.7 Å². The molecule has 0 spiro atoms. The Labute approximate surface area is 165 Å². The number of rotatable bonds is 9. The minimum atomic E-state index is -0.430. The van der Waals surface area contributed by atoms with Crippen LogP contribution in [0.3, 0.4) is 0 Å². The van der Waals surface area contributed by atoms with E-state index >= 15 is 0 Å². The predicted octanol–water partition coefficient (Wildman–Crippen LogP) is 4.22. The maximum absolute atomic E-state index is 12.6. The Balaban J connectivity index is 1.65. The quantitative estimate of drug-likeness (QED) is 0.541. The molecule has 6 nitrogen and oxygen atoms in total. The maximum Gasteiger partial charge on any atom is 0.341 e. The molecule has 0 saturated carbocycles. The van der Waals surface area contributed by atoms with E-state index < -0.39 is 5.97 Å². The fourth-order valence-electron chi connectivity index (χ4n) is 2.56. The predicted molar refractivity (Wildman–Crippen MR) is 106 cm³/mol. The molecule has 0 radical (unpaired) electrons. The molecule has 1 amide bonds. The van der Waals surface area contributed by atoms with E-state index in [2.05, 4.69) is 5.32 Å². The number of anilines is 1. The molecule has 27 heavy (non-hydrogen) atoms. The van der Waals surface area contributed by atoms with Crippen molar-refractivity contribution in [1.29, 1.82) is 0 Å². The van der Waals surface area contributed by atoms with Gasteiger partial charge in [-0.1, -0.05) is 6.07 Å². The molecular weight excluding hydrogens is 384 g/mol. The molecule has 3 aromatic rings. The first-order valence-electron chi connectivity index (χ1n) is 8.47. The molecule has 0 aliphatic rings. The highest BCUT2D eigenvalue weighted by molar-refractivity contribution is 7.14. The zero-order chi connectivity index (χ0) is 19.1. The normalized spacial score (nSPS) is 10.9. The van der Waals surface area contributed by atoms with Gasteiger partial charge in [-0.3, -0.25) is 9.69 Å². The van der Waals surface area contributed by atoms with Crippen LogP contribution >= 0.6 is 22.7 Å². The molecule has 0 aliphatic heterocycles. The topological polar surface area (TPSA) is 71.8 Å². The fraction of sp³-hybridized carbons (Fsp3) is 0.263. The summed E-state index contributed by atoms with van der Waals surface area (Å²) in [6.45, 7) is 3.38. The minimum absolute atomic E-state index is 0.179. The Bertz CT molecular complexity index is 820. The Hall–Kier alpha value is -2.42. The number of nitrogens with one attached hydrogen (secondary N) is 1. The maximum atomic E-state index is 12.6. The van der Waals surface area contributed by atoms with E-state index in [4.69, 9.17) is 9.15 Å². The number of thiophene rings is 2. The number of esters is 1. The van der Waals surface area contributed by atoms with Crippen LogP contribution in [0.15, 0.2) is 51.8 Å². The van der Waals surface area contributed by atoms with Gasteiger partial charge in [0.15, 0.2) is 0 Å². The second-order valence-electron chi connectivity index (χ2n) is 5.74. The lowest BCUT2D eigenvalue weighted by Gasteiger charge is -2.20. The third-order valence-electron chi connectivity index (χ3n) is 3.70. The van der Waals surface area contributed by atoms with E-state index in [-0.39, 0.29) is 12.5 Å². The first-order valence-corrected chi connectivity index (χ1v) is 10.2. The third kappa shape index (κ3) is 5.53. The average Bonchev–Trinajstić information content (AvgIpc) is 3.37. The Morgan fingerprint density at radius 2 is 2.04 bits per heavy atom. The first-order chi connectivity index (χ1) is 13.2. The van der Waals surface area contributed by atoms with Gasteiger partial charge in [0.05, 0.1) is 31.5 Å².